The lowest BCUT2D eigenvalue weighted by Crippen LogP contribution is -2.15. The number of benzene rings is 3. The van der Waals surface area contributed by atoms with Crippen molar-refractivity contribution in [3.05, 3.63) is 94.9 Å². The minimum atomic E-state index is -0.482. The first kappa shape index (κ1) is 24.2. The topological polar surface area (TPSA) is 76.0 Å². The molecule has 0 radical (unpaired) electrons. The highest BCUT2D eigenvalue weighted by molar-refractivity contribution is 6.15. The SMILES string of the molecule is CCn1cc(/C=C2/Oc3c(ccc(OCC(=O)OCc4ccccc4)c3C)C2=O)c2cc(OC)ccc21. The van der Waals surface area contributed by atoms with Crippen LogP contribution in [0, 0.1) is 6.92 Å². The van der Waals surface area contributed by atoms with Crippen LogP contribution >= 0.6 is 0 Å². The number of methoxy groups -OCH3 is 1. The van der Waals surface area contributed by atoms with Crippen molar-refractivity contribution in [2.24, 2.45) is 0 Å². The van der Waals surface area contributed by atoms with E-state index in [0.717, 1.165) is 34.3 Å². The van der Waals surface area contributed by atoms with Gasteiger partial charge in [0.25, 0.3) is 0 Å². The summed E-state index contributed by atoms with van der Waals surface area (Å²) in [4.78, 5) is 25.3. The van der Waals surface area contributed by atoms with Gasteiger partial charge in [0.05, 0.1) is 12.7 Å². The van der Waals surface area contributed by atoms with Gasteiger partial charge in [0.1, 0.15) is 23.9 Å². The van der Waals surface area contributed by atoms with Gasteiger partial charge in [0.2, 0.25) is 5.78 Å². The molecule has 0 bridgehead atoms. The number of aromatic nitrogens is 1. The lowest BCUT2D eigenvalue weighted by molar-refractivity contribution is -0.147. The van der Waals surface area contributed by atoms with Crippen molar-refractivity contribution >= 4 is 28.7 Å². The van der Waals surface area contributed by atoms with E-state index in [2.05, 4.69) is 11.5 Å². The molecule has 5 rings (SSSR count). The quantitative estimate of drug-likeness (QED) is 0.229. The standard InChI is InChI=1S/C30H27NO6/c1-4-31-16-21(24-15-22(34-3)10-12-25(24)31)14-27-29(33)23-11-13-26(19(2)30(23)37-27)35-18-28(32)36-17-20-8-6-5-7-9-20/h5-16H,4,17-18H2,1-3H3/b27-14+. The van der Waals surface area contributed by atoms with E-state index in [1.54, 1.807) is 32.2 Å². The predicted octanol–water partition coefficient (Wildman–Crippen LogP) is 5.72. The molecule has 3 aromatic carbocycles. The van der Waals surface area contributed by atoms with Gasteiger partial charge in [0, 0.05) is 34.8 Å². The van der Waals surface area contributed by atoms with E-state index in [4.69, 9.17) is 18.9 Å². The second-order valence-corrected chi connectivity index (χ2v) is 8.69. The Morgan fingerprint density at radius 1 is 1.08 bits per heavy atom. The third-order valence-corrected chi connectivity index (χ3v) is 6.37. The van der Waals surface area contributed by atoms with Crippen LogP contribution in [0.2, 0.25) is 0 Å². The third kappa shape index (κ3) is 4.80. The highest BCUT2D eigenvalue weighted by Gasteiger charge is 2.30. The van der Waals surface area contributed by atoms with E-state index in [0.29, 0.717) is 22.6 Å². The fourth-order valence-electron chi connectivity index (χ4n) is 4.39. The molecule has 0 N–H and O–H groups in total. The minimum Gasteiger partial charge on any atom is -0.497 e. The normalized spacial score (nSPS) is 13.5. The van der Waals surface area contributed by atoms with Gasteiger partial charge in [-0.3, -0.25) is 4.79 Å². The second kappa shape index (κ2) is 10.2. The number of nitrogens with zero attached hydrogens (tertiary/aromatic N) is 1. The van der Waals surface area contributed by atoms with Crippen LogP contribution in [0.15, 0.2) is 72.6 Å². The van der Waals surface area contributed by atoms with E-state index in [-0.39, 0.29) is 24.8 Å². The Morgan fingerprint density at radius 3 is 2.65 bits per heavy atom. The summed E-state index contributed by atoms with van der Waals surface area (Å²) in [5.41, 5.74) is 3.91. The molecule has 37 heavy (non-hydrogen) atoms. The molecule has 7 heteroatoms. The lowest BCUT2D eigenvalue weighted by Gasteiger charge is -2.11. The number of hydrogen-bond acceptors (Lipinski definition) is 6. The average Bonchev–Trinajstić information content (AvgIpc) is 3.44. The maximum atomic E-state index is 13.1. The Balaban J connectivity index is 1.33. The van der Waals surface area contributed by atoms with Gasteiger partial charge in [-0.15, -0.1) is 0 Å². The fraction of sp³-hybridized carbons (Fsp3) is 0.200. The number of ketones is 1. The van der Waals surface area contributed by atoms with Gasteiger partial charge in [0.15, 0.2) is 12.4 Å². The zero-order valence-electron chi connectivity index (χ0n) is 20.9. The molecule has 4 aromatic rings. The fourth-order valence-corrected chi connectivity index (χ4v) is 4.39. The number of hydrogen-bond donors (Lipinski definition) is 0. The van der Waals surface area contributed by atoms with Crippen molar-refractivity contribution in [1.82, 2.24) is 4.57 Å². The number of esters is 1. The van der Waals surface area contributed by atoms with E-state index in [1.165, 1.54) is 0 Å². The van der Waals surface area contributed by atoms with Crippen LogP contribution in [0.25, 0.3) is 17.0 Å². The summed E-state index contributed by atoms with van der Waals surface area (Å²) in [6.07, 6.45) is 3.76. The van der Waals surface area contributed by atoms with Crippen LogP contribution in [0.3, 0.4) is 0 Å². The minimum absolute atomic E-state index is 0.179. The molecule has 2 heterocycles. The summed E-state index contributed by atoms with van der Waals surface area (Å²) in [6, 6.07) is 18.7. The number of Topliss-reactive ketones (excluding diaryl/α,β-unsaturated/α-hetero) is 1. The van der Waals surface area contributed by atoms with Gasteiger partial charge in [-0.2, -0.15) is 0 Å². The summed E-state index contributed by atoms with van der Waals surface area (Å²) in [5.74, 6) is 1.18. The highest BCUT2D eigenvalue weighted by Crippen LogP contribution is 2.40. The first-order valence-electron chi connectivity index (χ1n) is 12.1. The number of allylic oxidation sites excluding steroid dienone is 1. The Bertz CT molecular complexity index is 1520. The molecule has 1 aromatic heterocycles. The van der Waals surface area contributed by atoms with Crippen molar-refractivity contribution in [3.8, 4) is 17.2 Å². The highest BCUT2D eigenvalue weighted by atomic mass is 16.6. The third-order valence-electron chi connectivity index (χ3n) is 6.37. The van der Waals surface area contributed by atoms with E-state index in [1.807, 2.05) is 54.7 Å². The summed E-state index contributed by atoms with van der Waals surface area (Å²) >= 11 is 0. The van der Waals surface area contributed by atoms with Gasteiger partial charge >= 0.3 is 5.97 Å². The maximum absolute atomic E-state index is 13.1. The summed E-state index contributed by atoms with van der Waals surface area (Å²) in [7, 11) is 1.63. The predicted molar refractivity (Wildman–Crippen MR) is 140 cm³/mol. The molecule has 1 aliphatic rings. The molecule has 0 saturated heterocycles. The molecule has 0 unspecified atom stereocenters. The molecule has 0 spiro atoms. The number of carbonyl (C=O) groups is 2. The molecular formula is C30H27NO6. The smallest absolute Gasteiger partial charge is 0.344 e. The maximum Gasteiger partial charge on any atom is 0.344 e. The van der Waals surface area contributed by atoms with Crippen molar-refractivity contribution < 1.29 is 28.5 Å². The molecule has 0 saturated carbocycles. The summed E-state index contributed by atoms with van der Waals surface area (Å²) < 4.78 is 24.5. The number of fused-ring (bicyclic) bond motifs is 2. The van der Waals surface area contributed by atoms with Crippen molar-refractivity contribution in [3.63, 3.8) is 0 Å². The molecule has 0 fully saturated rings. The number of ether oxygens (including phenoxy) is 4. The summed E-state index contributed by atoms with van der Waals surface area (Å²) in [5, 5.41) is 0.968. The Kier molecular flexibility index (Phi) is 6.68. The van der Waals surface area contributed by atoms with Gasteiger partial charge in [-0.25, -0.2) is 4.79 Å². The van der Waals surface area contributed by atoms with Gasteiger partial charge < -0.3 is 23.5 Å². The monoisotopic (exact) mass is 497 g/mol. The van der Waals surface area contributed by atoms with Crippen LogP contribution in [-0.4, -0.2) is 30.0 Å². The summed E-state index contributed by atoms with van der Waals surface area (Å²) in [6.45, 7) is 4.58. The number of aryl methyl sites for hydroxylation is 1. The van der Waals surface area contributed by atoms with E-state index < -0.39 is 5.97 Å². The molecule has 1 aliphatic heterocycles. The first-order valence-corrected chi connectivity index (χ1v) is 12.1. The first-order chi connectivity index (χ1) is 18.0. The lowest BCUT2D eigenvalue weighted by atomic mass is 10.1. The molecule has 0 atom stereocenters. The van der Waals surface area contributed by atoms with Gasteiger partial charge in [-0.05, 0) is 55.8 Å². The van der Waals surface area contributed by atoms with Crippen LogP contribution in [-0.2, 0) is 22.7 Å². The molecule has 188 valence electrons. The molecule has 0 aliphatic carbocycles. The zero-order chi connectivity index (χ0) is 25.9. The molecular weight excluding hydrogens is 470 g/mol. The molecule has 0 amide bonds. The van der Waals surface area contributed by atoms with Crippen molar-refractivity contribution in [1.29, 1.82) is 0 Å². The van der Waals surface area contributed by atoms with Crippen molar-refractivity contribution in [2.75, 3.05) is 13.7 Å². The number of carbonyl (C=O) groups excluding carboxylic acids is 2. The van der Waals surface area contributed by atoms with Crippen LogP contribution < -0.4 is 14.2 Å². The molecule has 7 nitrogen and oxygen atoms in total. The van der Waals surface area contributed by atoms with Gasteiger partial charge in [-0.1, -0.05) is 30.3 Å². The van der Waals surface area contributed by atoms with E-state index in [9.17, 15) is 9.59 Å². The Hall–Kier alpha value is -4.52. The second-order valence-electron chi connectivity index (χ2n) is 8.69. The van der Waals surface area contributed by atoms with Crippen LogP contribution in [0.5, 0.6) is 17.2 Å². The largest absolute Gasteiger partial charge is 0.497 e. The number of rotatable bonds is 8. The van der Waals surface area contributed by atoms with Crippen LogP contribution in [0.4, 0.5) is 0 Å². The van der Waals surface area contributed by atoms with Crippen LogP contribution in [0.1, 0.15) is 34.0 Å². The van der Waals surface area contributed by atoms with E-state index >= 15 is 0 Å². The zero-order valence-corrected chi connectivity index (χ0v) is 20.9. The Morgan fingerprint density at radius 2 is 1.89 bits per heavy atom. The Labute approximate surface area is 214 Å². The van der Waals surface area contributed by atoms with Crippen molar-refractivity contribution in [2.45, 2.75) is 27.0 Å². The average molecular weight is 498 g/mol.